The van der Waals surface area contributed by atoms with Crippen LogP contribution >= 0.6 is 0 Å². The predicted molar refractivity (Wildman–Crippen MR) is 117 cm³/mol. The zero-order valence-corrected chi connectivity index (χ0v) is 17.8. The molecule has 1 aliphatic heterocycles. The summed E-state index contributed by atoms with van der Waals surface area (Å²) >= 11 is 0. The summed E-state index contributed by atoms with van der Waals surface area (Å²) in [4.78, 5) is 14.5. The van der Waals surface area contributed by atoms with Crippen LogP contribution in [0, 0.1) is 12.8 Å². The molecule has 1 saturated heterocycles. The summed E-state index contributed by atoms with van der Waals surface area (Å²) in [6, 6.07) is 16.1. The van der Waals surface area contributed by atoms with Crippen molar-refractivity contribution in [2.45, 2.75) is 25.9 Å². The monoisotopic (exact) mass is 412 g/mol. The molecule has 6 heteroatoms. The van der Waals surface area contributed by atoms with Gasteiger partial charge in [-0.05, 0) is 36.6 Å². The number of morpholine rings is 1. The average Bonchev–Trinajstić information content (AvgIpc) is 2.78. The lowest BCUT2D eigenvalue weighted by atomic mass is 9.99. The molecule has 3 rings (SSSR count). The van der Waals surface area contributed by atoms with E-state index in [9.17, 15) is 9.90 Å². The SMILES string of the molecule is COc1ccc(CC2CN(C(=O)NCC(CO)Cc3ccc(C)cc3)CCO2)cc1. The van der Waals surface area contributed by atoms with Crippen molar-refractivity contribution in [1.29, 1.82) is 0 Å². The van der Waals surface area contributed by atoms with Gasteiger partial charge in [0, 0.05) is 38.6 Å². The van der Waals surface area contributed by atoms with E-state index in [1.54, 1.807) is 12.0 Å². The van der Waals surface area contributed by atoms with Gasteiger partial charge in [-0.1, -0.05) is 42.0 Å². The van der Waals surface area contributed by atoms with E-state index in [0.29, 0.717) is 26.2 Å². The maximum atomic E-state index is 12.7. The first-order chi connectivity index (χ1) is 14.6. The molecule has 2 aromatic carbocycles. The Hall–Kier alpha value is -2.57. The average molecular weight is 413 g/mol. The number of urea groups is 1. The normalized spacial score (nSPS) is 17.4. The quantitative estimate of drug-likeness (QED) is 0.700. The number of amides is 2. The topological polar surface area (TPSA) is 71.0 Å². The Morgan fingerprint density at radius 1 is 1.20 bits per heavy atom. The fraction of sp³-hybridized carbons (Fsp3) is 0.458. The van der Waals surface area contributed by atoms with Gasteiger partial charge in [-0.25, -0.2) is 4.79 Å². The number of aliphatic hydroxyl groups excluding tert-OH is 1. The Labute approximate surface area is 178 Å². The van der Waals surface area contributed by atoms with Crippen LogP contribution in [0.3, 0.4) is 0 Å². The van der Waals surface area contributed by atoms with Crippen molar-refractivity contribution in [2.75, 3.05) is 40.0 Å². The fourth-order valence-corrected chi connectivity index (χ4v) is 3.65. The number of aryl methyl sites for hydroxylation is 1. The number of methoxy groups -OCH3 is 1. The van der Waals surface area contributed by atoms with Crippen molar-refractivity contribution in [1.82, 2.24) is 10.2 Å². The summed E-state index contributed by atoms with van der Waals surface area (Å²) in [5.41, 5.74) is 3.53. The zero-order valence-electron chi connectivity index (χ0n) is 17.8. The third kappa shape index (κ3) is 6.47. The van der Waals surface area contributed by atoms with E-state index < -0.39 is 0 Å². The molecule has 0 saturated carbocycles. The lowest BCUT2D eigenvalue weighted by Gasteiger charge is -2.33. The van der Waals surface area contributed by atoms with E-state index in [0.717, 1.165) is 24.2 Å². The van der Waals surface area contributed by atoms with Crippen LogP contribution in [0.2, 0.25) is 0 Å². The molecule has 0 bridgehead atoms. The smallest absolute Gasteiger partial charge is 0.317 e. The van der Waals surface area contributed by atoms with Gasteiger partial charge in [-0.2, -0.15) is 0 Å². The number of hydrogen-bond acceptors (Lipinski definition) is 4. The minimum absolute atomic E-state index is 0.00667. The highest BCUT2D eigenvalue weighted by Crippen LogP contribution is 2.16. The van der Waals surface area contributed by atoms with Gasteiger partial charge in [0.15, 0.2) is 0 Å². The number of carbonyl (C=O) groups is 1. The van der Waals surface area contributed by atoms with Crippen molar-refractivity contribution in [2.24, 2.45) is 5.92 Å². The van der Waals surface area contributed by atoms with E-state index in [2.05, 4.69) is 36.5 Å². The number of aliphatic hydroxyl groups is 1. The van der Waals surface area contributed by atoms with Gasteiger partial charge in [0.25, 0.3) is 0 Å². The number of nitrogens with one attached hydrogen (secondary N) is 1. The van der Waals surface area contributed by atoms with Gasteiger partial charge in [-0.15, -0.1) is 0 Å². The van der Waals surface area contributed by atoms with E-state index in [1.807, 2.05) is 24.3 Å². The second-order valence-electron chi connectivity index (χ2n) is 7.92. The molecular formula is C24H32N2O4. The molecular weight excluding hydrogens is 380 g/mol. The number of hydrogen-bond donors (Lipinski definition) is 2. The Balaban J connectivity index is 1.47. The number of rotatable bonds is 8. The van der Waals surface area contributed by atoms with Crippen LogP contribution in [0.5, 0.6) is 5.75 Å². The molecule has 0 aromatic heterocycles. The minimum atomic E-state index is -0.0969. The summed E-state index contributed by atoms with van der Waals surface area (Å²) in [6.07, 6.45) is 1.46. The molecule has 1 heterocycles. The van der Waals surface area contributed by atoms with Crippen LogP contribution in [0.15, 0.2) is 48.5 Å². The summed E-state index contributed by atoms with van der Waals surface area (Å²) in [6.45, 7) is 4.20. The van der Waals surface area contributed by atoms with Crippen LogP contribution < -0.4 is 10.1 Å². The fourth-order valence-electron chi connectivity index (χ4n) is 3.65. The van der Waals surface area contributed by atoms with E-state index in [1.165, 1.54) is 11.1 Å². The highest BCUT2D eigenvalue weighted by atomic mass is 16.5. The van der Waals surface area contributed by atoms with Crippen molar-refractivity contribution < 1.29 is 19.4 Å². The van der Waals surface area contributed by atoms with Crippen LogP contribution in [-0.2, 0) is 17.6 Å². The molecule has 2 amide bonds. The summed E-state index contributed by atoms with van der Waals surface area (Å²) < 4.78 is 11.1. The van der Waals surface area contributed by atoms with E-state index in [-0.39, 0.29) is 24.7 Å². The molecule has 1 aliphatic rings. The second-order valence-corrected chi connectivity index (χ2v) is 7.92. The van der Waals surface area contributed by atoms with Crippen molar-refractivity contribution in [3.8, 4) is 5.75 Å². The van der Waals surface area contributed by atoms with Crippen LogP contribution in [-0.4, -0.2) is 62.1 Å². The number of carbonyl (C=O) groups excluding carboxylic acids is 1. The van der Waals surface area contributed by atoms with Gasteiger partial charge in [0.1, 0.15) is 5.75 Å². The third-order valence-corrected chi connectivity index (χ3v) is 5.49. The largest absolute Gasteiger partial charge is 0.497 e. The molecule has 0 aliphatic carbocycles. The van der Waals surface area contributed by atoms with Crippen molar-refractivity contribution >= 4 is 6.03 Å². The van der Waals surface area contributed by atoms with Gasteiger partial charge >= 0.3 is 6.03 Å². The summed E-state index contributed by atoms with van der Waals surface area (Å²) in [7, 11) is 1.65. The Morgan fingerprint density at radius 2 is 1.90 bits per heavy atom. The standard InChI is InChI=1S/C24H32N2O4/c1-18-3-5-19(6-4-18)13-21(17-27)15-25-24(28)26-11-12-30-23(16-26)14-20-7-9-22(29-2)10-8-20/h3-10,21,23,27H,11-17H2,1-2H3,(H,25,28). The minimum Gasteiger partial charge on any atom is -0.497 e. The van der Waals surface area contributed by atoms with Gasteiger partial charge in [0.05, 0.1) is 19.8 Å². The molecule has 162 valence electrons. The second kappa shape index (κ2) is 11.0. The van der Waals surface area contributed by atoms with Crippen LogP contribution in [0.25, 0.3) is 0 Å². The molecule has 0 spiro atoms. The van der Waals surface area contributed by atoms with Crippen LogP contribution in [0.1, 0.15) is 16.7 Å². The van der Waals surface area contributed by atoms with Gasteiger partial charge < -0.3 is 24.8 Å². The molecule has 2 unspecified atom stereocenters. The molecule has 30 heavy (non-hydrogen) atoms. The van der Waals surface area contributed by atoms with Crippen molar-refractivity contribution in [3.05, 3.63) is 65.2 Å². The number of benzene rings is 2. The third-order valence-electron chi connectivity index (χ3n) is 5.49. The molecule has 2 atom stereocenters. The molecule has 1 fully saturated rings. The first kappa shape index (κ1) is 22.1. The molecule has 2 N–H and O–H groups in total. The maximum absolute atomic E-state index is 12.7. The van der Waals surface area contributed by atoms with Crippen molar-refractivity contribution in [3.63, 3.8) is 0 Å². The van der Waals surface area contributed by atoms with Crippen LogP contribution in [0.4, 0.5) is 4.79 Å². The summed E-state index contributed by atoms with van der Waals surface area (Å²) in [5.74, 6) is 0.821. The molecule has 0 radical (unpaired) electrons. The Kier molecular flexibility index (Phi) is 8.11. The summed E-state index contributed by atoms with van der Waals surface area (Å²) in [5, 5.41) is 12.7. The molecule has 2 aromatic rings. The highest BCUT2D eigenvalue weighted by molar-refractivity contribution is 5.74. The molecule has 6 nitrogen and oxygen atoms in total. The van der Waals surface area contributed by atoms with E-state index >= 15 is 0 Å². The zero-order chi connectivity index (χ0) is 21.3. The Morgan fingerprint density at radius 3 is 2.57 bits per heavy atom. The van der Waals surface area contributed by atoms with Gasteiger partial charge in [0.2, 0.25) is 0 Å². The number of ether oxygens (including phenoxy) is 2. The lowest BCUT2D eigenvalue weighted by molar-refractivity contribution is -0.0134. The van der Waals surface area contributed by atoms with E-state index in [4.69, 9.17) is 9.47 Å². The first-order valence-corrected chi connectivity index (χ1v) is 10.5. The van der Waals surface area contributed by atoms with Gasteiger partial charge in [-0.3, -0.25) is 0 Å². The maximum Gasteiger partial charge on any atom is 0.317 e. The predicted octanol–water partition coefficient (Wildman–Crippen LogP) is 2.81. The lowest BCUT2D eigenvalue weighted by Crippen LogP contribution is -2.51. The highest BCUT2D eigenvalue weighted by Gasteiger charge is 2.25. The number of nitrogens with zero attached hydrogens (tertiary/aromatic N) is 1. The Bertz CT molecular complexity index is 792. The first-order valence-electron chi connectivity index (χ1n) is 10.5.